The second-order valence-corrected chi connectivity index (χ2v) is 11.5. The van der Waals surface area contributed by atoms with E-state index in [0.717, 1.165) is 4.70 Å². The molecule has 0 bridgehead atoms. The molecular formula is C21H22F6N6O3S2. The summed E-state index contributed by atoms with van der Waals surface area (Å²) in [6, 6.07) is 6.45. The van der Waals surface area contributed by atoms with E-state index in [1.807, 2.05) is 12.1 Å². The summed E-state index contributed by atoms with van der Waals surface area (Å²) in [5, 5.41) is 16.3. The lowest BCUT2D eigenvalue weighted by molar-refractivity contribution is -0.115. The molecule has 3 unspecified atom stereocenters. The zero-order valence-electron chi connectivity index (χ0n) is 19.6. The van der Waals surface area contributed by atoms with Crippen molar-refractivity contribution in [1.29, 1.82) is 0 Å². The molecule has 1 saturated carbocycles. The molecule has 4 N–H and O–H groups in total. The van der Waals surface area contributed by atoms with Crippen LogP contribution in [0.3, 0.4) is 0 Å². The highest BCUT2D eigenvalue weighted by Crippen LogP contribution is 2.38. The Labute approximate surface area is 216 Å². The fourth-order valence-corrected chi connectivity index (χ4v) is 5.75. The molecule has 3 aromatic rings. The zero-order chi connectivity index (χ0) is 27.9. The molecule has 1 fully saturated rings. The molecular weight excluding hydrogens is 562 g/mol. The maximum atomic E-state index is 12.8. The van der Waals surface area contributed by atoms with Crippen molar-refractivity contribution < 1.29 is 39.9 Å². The Morgan fingerprint density at radius 3 is 2.45 bits per heavy atom. The summed E-state index contributed by atoms with van der Waals surface area (Å²) >= 11 is 1.30. The van der Waals surface area contributed by atoms with Gasteiger partial charge in [0.2, 0.25) is 5.95 Å². The summed E-state index contributed by atoms with van der Waals surface area (Å²) in [6.07, 6.45) is -5.41. The van der Waals surface area contributed by atoms with Gasteiger partial charge >= 0.3 is 21.7 Å². The lowest BCUT2D eigenvalue weighted by atomic mass is 10.1. The average molecular weight is 585 g/mol. The minimum Gasteiger partial charge on any atom is -0.391 e. The van der Waals surface area contributed by atoms with E-state index in [-0.39, 0.29) is 24.6 Å². The number of aromatic nitrogens is 3. The standard InChI is InChI=1S/C21H22F6N6O3S2/c1-10-15(18-32-12-4-2-3-5-14(12)37-18)17(33-19(30-10)28-9-20(22,23)24)31-13-7-6-11(16(13)34)8-29-38(35,36)21(25,26)27/h2-5,11,13,16,29,34H,6-9H2,1H3,(H2,28,30,31,33). The van der Waals surface area contributed by atoms with E-state index in [1.54, 1.807) is 19.1 Å². The normalized spacial score (nSPS) is 20.7. The number of benzene rings is 1. The number of aliphatic hydroxyl groups excluding tert-OH is 1. The highest BCUT2D eigenvalue weighted by Gasteiger charge is 2.46. The Hall–Kier alpha value is -2.76. The van der Waals surface area contributed by atoms with Crippen LogP contribution in [0.1, 0.15) is 18.5 Å². The van der Waals surface area contributed by atoms with Crippen molar-refractivity contribution in [3.05, 3.63) is 30.0 Å². The summed E-state index contributed by atoms with van der Waals surface area (Å²) < 4.78 is 101. The van der Waals surface area contributed by atoms with Gasteiger partial charge in [-0.15, -0.1) is 11.3 Å². The number of sulfonamides is 1. The second kappa shape index (κ2) is 10.4. The number of hydrogen-bond acceptors (Lipinski definition) is 9. The predicted molar refractivity (Wildman–Crippen MR) is 129 cm³/mol. The Kier molecular flexibility index (Phi) is 7.75. The van der Waals surface area contributed by atoms with Crippen LogP contribution >= 0.6 is 11.3 Å². The van der Waals surface area contributed by atoms with Gasteiger partial charge in [0, 0.05) is 12.5 Å². The van der Waals surface area contributed by atoms with Crippen LogP contribution in [0.15, 0.2) is 24.3 Å². The number of aryl methyl sites for hydroxylation is 1. The molecule has 2 aromatic heterocycles. The summed E-state index contributed by atoms with van der Waals surface area (Å²) in [7, 11) is -5.58. The molecule has 2 heterocycles. The van der Waals surface area contributed by atoms with Crippen molar-refractivity contribution in [3.8, 4) is 10.6 Å². The number of hydrogen-bond donors (Lipinski definition) is 4. The molecule has 9 nitrogen and oxygen atoms in total. The van der Waals surface area contributed by atoms with Crippen LogP contribution in [0.25, 0.3) is 20.8 Å². The molecule has 0 aliphatic heterocycles. The first-order valence-electron chi connectivity index (χ1n) is 11.2. The van der Waals surface area contributed by atoms with Crippen molar-refractivity contribution in [3.63, 3.8) is 0 Å². The number of aliphatic hydroxyl groups is 1. The number of rotatable bonds is 8. The Morgan fingerprint density at radius 2 is 1.79 bits per heavy atom. The third-order valence-electron chi connectivity index (χ3n) is 5.95. The first-order chi connectivity index (χ1) is 17.6. The first kappa shape index (κ1) is 28.3. The lowest BCUT2D eigenvalue weighted by Gasteiger charge is -2.23. The van der Waals surface area contributed by atoms with Gasteiger partial charge in [0.05, 0.1) is 33.6 Å². The maximum absolute atomic E-state index is 12.8. The van der Waals surface area contributed by atoms with E-state index in [0.29, 0.717) is 21.8 Å². The number of thiazole rings is 1. The van der Waals surface area contributed by atoms with E-state index >= 15 is 0 Å². The smallest absolute Gasteiger partial charge is 0.391 e. The van der Waals surface area contributed by atoms with Crippen molar-refractivity contribution >= 4 is 43.3 Å². The molecule has 208 valence electrons. The second-order valence-electron chi connectivity index (χ2n) is 8.69. The number of nitrogens with one attached hydrogen (secondary N) is 3. The summed E-state index contributed by atoms with van der Waals surface area (Å²) in [6.45, 7) is -0.472. The number of halogens is 6. The van der Waals surface area contributed by atoms with Crippen LogP contribution in [-0.4, -0.2) is 65.4 Å². The molecule has 38 heavy (non-hydrogen) atoms. The molecule has 0 spiro atoms. The minimum atomic E-state index is -5.58. The highest BCUT2D eigenvalue weighted by atomic mass is 32.2. The van der Waals surface area contributed by atoms with E-state index < -0.39 is 52.9 Å². The van der Waals surface area contributed by atoms with Crippen LogP contribution in [0.5, 0.6) is 0 Å². The molecule has 17 heteroatoms. The molecule has 3 atom stereocenters. The highest BCUT2D eigenvalue weighted by molar-refractivity contribution is 7.90. The van der Waals surface area contributed by atoms with Gasteiger partial charge in [-0.3, -0.25) is 0 Å². The van der Waals surface area contributed by atoms with Crippen LogP contribution < -0.4 is 15.4 Å². The van der Waals surface area contributed by atoms with Gasteiger partial charge in [0.1, 0.15) is 17.4 Å². The van der Waals surface area contributed by atoms with Gasteiger partial charge in [0.15, 0.2) is 0 Å². The number of anilines is 2. The topological polar surface area (TPSA) is 129 Å². The number of fused-ring (bicyclic) bond motifs is 1. The van der Waals surface area contributed by atoms with Gasteiger partial charge in [-0.05, 0) is 31.9 Å². The third-order valence-corrected chi connectivity index (χ3v) is 8.16. The average Bonchev–Trinajstić information content (AvgIpc) is 3.38. The van der Waals surface area contributed by atoms with E-state index in [4.69, 9.17) is 0 Å². The van der Waals surface area contributed by atoms with Crippen molar-refractivity contribution in [1.82, 2.24) is 19.7 Å². The van der Waals surface area contributed by atoms with Gasteiger partial charge in [-0.2, -0.15) is 31.3 Å². The lowest BCUT2D eigenvalue weighted by Crippen LogP contribution is -2.42. The van der Waals surface area contributed by atoms with Gasteiger partial charge in [-0.1, -0.05) is 12.1 Å². The predicted octanol–water partition coefficient (Wildman–Crippen LogP) is 4.03. The van der Waals surface area contributed by atoms with Crippen LogP contribution in [0.2, 0.25) is 0 Å². The third kappa shape index (κ3) is 6.27. The molecule has 0 amide bonds. The van der Waals surface area contributed by atoms with Gasteiger partial charge < -0.3 is 15.7 Å². The van der Waals surface area contributed by atoms with Gasteiger partial charge in [-0.25, -0.2) is 23.1 Å². The minimum absolute atomic E-state index is 0.0711. The molecule has 1 aliphatic carbocycles. The number of para-hydroxylation sites is 1. The molecule has 1 aromatic carbocycles. The fourth-order valence-electron chi connectivity index (χ4n) is 4.09. The van der Waals surface area contributed by atoms with Crippen molar-refractivity contribution in [2.45, 2.75) is 43.6 Å². The fraction of sp³-hybridized carbons (Fsp3) is 0.476. The van der Waals surface area contributed by atoms with Crippen LogP contribution in [-0.2, 0) is 10.0 Å². The Bertz CT molecular complexity index is 1380. The zero-order valence-corrected chi connectivity index (χ0v) is 21.2. The Balaban J connectivity index is 1.61. The number of nitrogens with zero attached hydrogens (tertiary/aromatic N) is 3. The van der Waals surface area contributed by atoms with Crippen LogP contribution in [0.4, 0.5) is 38.1 Å². The van der Waals surface area contributed by atoms with E-state index in [1.165, 1.54) is 16.1 Å². The van der Waals surface area contributed by atoms with Gasteiger partial charge in [0.25, 0.3) is 0 Å². The quantitative estimate of drug-likeness (QED) is 0.292. The van der Waals surface area contributed by atoms with Crippen molar-refractivity contribution in [2.24, 2.45) is 5.92 Å². The molecule has 0 radical (unpaired) electrons. The van der Waals surface area contributed by atoms with E-state index in [2.05, 4.69) is 25.6 Å². The molecule has 4 rings (SSSR count). The Morgan fingerprint density at radius 1 is 1.08 bits per heavy atom. The SMILES string of the molecule is Cc1nc(NCC(F)(F)F)nc(NC2CCC(CNS(=O)(=O)C(F)(F)F)C2O)c1-c1nc2ccccc2s1. The first-order valence-corrected chi connectivity index (χ1v) is 13.5. The summed E-state index contributed by atoms with van der Waals surface area (Å²) in [4.78, 5) is 12.9. The monoisotopic (exact) mass is 584 g/mol. The van der Waals surface area contributed by atoms with E-state index in [9.17, 15) is 39.9 Å². The summed E-state index contributed by atoms with van der Waals surface area (Å²) in [5.74, 6) is -1.10. The van der Waals surface area contributed by atoms with Crippen LogP contribution in [0, 0.1) is 12.8 Å². The number of alkyl halides is 6. The molecule has 1 aliphatic rings. The molecule has 0 saturated heterocycles. The van der Waals surface area contributed by atoms with Crippen molar-refractivity contribution in [2.75, 3.05) is 23.7 Å². The summed E-state index contributed by atoms with van der Waals surface area (Å²) in [5.41, 5.74) is -4.13. The largest absolute Gasteiger partial charge is 0.511 e. The maximum Gasteiger partial charge on any atom is 0.511 e.